The first-order valence-electron chi connectivity index (χ1n) is 10.3. The number of ether oxygens (including phenoxy) is 1. The molecule has 4 heteroatoms. The molecule has 4 aromatic rings. The minimum Gasteiger partial charge on any atom is -0.496 e. The van der Waals surface area contributed by atoms with Gasteiger partial charge in [0, 0.05) is 41.5 Å². The predicted octanol–water partition coefficient (Wildman–Crippen LogP) is 5.06. The lowest BCUT2D eigenvalue weighted by molar-refractivity contribution is -0.121. The Morgan fingerprint density at radius 2 is 1.67 bits per heavy atom. The fourth-order valence-corrected chi connectivity index (χ4v) is 3.97. The lowest BCUT2D eigenvalue weighted by Gasteiger charge is -2.20. The van der Waals surface area contributed by atoms with Crippen LogP contribution in [0.3, 0.4) is 0 Å². The SMILES string of the molecule is COc1ccccc1[C@H](CC(=O)NCCc1ccccc1)c1c[nH]c2ccccc12. The highest BCUT2D eigenvalue weighted by atomic mass is 16.5. The summed E-state index contributed by atoms with van der Waals surface area (Å²) in [4.78, 5) is 16.2. The first-order chi connectivity index (χ1) is 14.8. The molecule has 0 bridgehead atoms. The molecule has 3 aromatic carbocycles. The second-order valence-corrected chi connectivity index (χ2v) is 7.37. The molecule has 1 aromatic heterocycles. The second kappa shape index (κ2) is 9.31. The van der Waals surface area contributed by atoms with Crippen LogP contribution in [0.1, 0.15) is 29.0 Å². The van der Waals surface area contributed by atoms with Gasteiger partial charge in [-0.2, -0.15) is 0 Å². The fourth-order valence-electron chi connectivity index (χ4n) is 3.97. The predicted molar refractivity (Wildman–Crippen MR) is 121 cm³/mol. The van der Waals surface area contributed by atoms with E-state index in [0.29, 0.717) is 13.0 Å². The third-order valence-electron chi connectivity index (χ3n) is 5.48. The summed E-state index contributed by atoms with van der Waals surface area (Å²) in [5.41, 5.74) is 4.41. The maximum Gasteiger partial charge on any atom is 0.220 e. The fraction of sp³-hybridized carbons (Fsp3) is 0.192. The van der Waals surface area contributed by atoms with Gasteiger partial charge in [-0.05, 0) is 29.7 Å². The molecule has 0 spiro atoms. The van der Waals surface area contributed by atoms with Gasteiger partial charge < -0.3 is 15.0 Å². The van der Waals surface area contributed by atoms with E-state index in [1.807, 2.05) is 60.8 Å². The molecule has 30 heavy (non-hydrogen) atoms. The number of fused-ring (bicyclic) bond motifs is 1. The largest absolute Gasteiger partial charge is 0.496 e. The third-order valence-corrected chi connectivity index (χ3v) is 5.48. The summed E-state index contributed by atoms with van der Waals surface area (Å²) in [5, 5.41) is 4.22. The Hall–Kier alpha value is -3.53. The zero-order valence-electron chi connectivity index (χ0n) is 17.1. The van der Waals surface area contributed by atoms with Crippen LogP contribution >= 0.6 is 0 Å². The minimum absolute atomic E-state index is 0.0344. The first kappa shape index (κ1) is 19.8. The number of aromatic nitrogens is 1. The second-order valence-electron chi connectivity index (χ2n) is 7.37. The Morgan fingerprint density at radius 3 is 2.50 bits per heavy atom. The van der Waals surface area contributed by atoms with Crippen molar-refractivity contribution in [1.82, 2.24) is 10.3 Å². The van der Waals surface area contributed by atoms with E-state index < -0.39 is 0 Å². The molecular weight excluding hydrogens is 372 g/mol. The summed E-state index contributed by atoms with van der Waals surface area (Å²) in [7, 11) is 1.67. The van der Waals surface area contributed by atoms with Crippen molar-refractivity contribution in [3.8, 4) is 5.75 Å². The van der Waals surface area contributed by atoms with E-state index in [2.05, 4.69) is 34.6 Å². The van der Waals surface area contributed by atoms with Crippen LogP contribution in [0.4, 0.5) is 0 Å². The number of hydrogen-bond donors (Lipinski definition) is 2. The van der Waals surface area contributed by atoms with Crippen LogP contribution in [-0.4, -0.2) is 24.5 Å². The molecular formula is C26H26N2O2. The summed E-state index contributed by atoms with van der Waals surface area (Å²) in [6.07, 6.45) is 3.19. The van der Waals surface area contributed by atoms with Crippen molar-refractivity contribution >= 4 is 16.8 Å². The maximum absolute atomic E-state index is 12.9. The van der Waals surface area contributed by atoms with Crippen molar-refractivity contribution in [3.63, 3.8) is 0 Å². The zero-order chi connectivity index (χ0) is 20.8. The van der Waals surface area contributed by atoms with Gasteiger partial charge in [-0.1, -0.05) is 66.7 Å². The summed E-state index contributed by atoms with van der Waals surface area (Å²) < 4.78 is 5.62. The standard InChI is InChI=1S/C26H26N2O2/c1-30-25-14-8-6-12-21(25)22(23-18-28-24-13-7-5-11-20(23)24)17-26(29)27-16-15-19-9-3-2-4-10-19/h2-14,18,22,28H,15-17H2,1H3,(H,27,29)/t22-/m0/s1. The number of carbonyl (C=O) groups is 1. The van der Waals surface area contributed by atoms with Crippen LogP contribution < -0.4 is 10.1 Å². The van der Waals surface area contributed by atoms with E-state index in [0.717, 1.165) is 34.2 Å². The molecule has 2 N–H and O–H groups in total. The molecule has 152 valence electrons. The monoisotopic (exact) mass is 398 g/mol. The minimum atomic E-state index is -0.103. The number of nitrogens with one attached hydrogen (secondary N) is 2. The lowest BCUT2D eigenvalue weighted by atomic mass is 9.87. The van der Waals surface area contributed by atoms with Crippen molar-refractivity contribution in [2.75, 3.05) is 13.7 Å². The van der Waals surface area contributed by atoms with Gasteiger partial charge >= 0.3 is 0 Å². The van der Waals surface area contributed by atoms with Gasteiger partial charge in [0.15, 0.2) is 0 Å². The quantitative estimate of drug-likeness (QED) is 0.436. The van der Waals surface area contributed by atoms with E-state index in [1.165, 1.54) is 5.56 Å². The van der Waals surface area contributed by atoms with Crippen LogP contribution in [0.15, 0.2) is 85.1 Å². The average molecular weight is 399 g/mol. The molecule has 0 aliphatic carbocycles. The molecule has 0 saturated carbocycles. The summed E-state index contributed by atoms with van der Waals surface area (Å²) in [6.45, 7) is 0.620. The molecule has 1 atom stereocenters. The number of rotatable bonds is 8. The van der Waals surface area contributed by atoms with Crippen LogP contribution in [0.25, 0.3) is 10.9 Å². The van der Waals surface area contributed by atoms with Crippen molar-refractivity contribution in [1.29, 1.82) is 0 Å². The van der Waals surface area contributed by atoms with Crippen molar-refractivity contribution < 1.29 is 9.53 Å². The summed E-state index contributed by atoms with van der Waals surface area (Å²) >= 11 is 0. The third kappa shape index (κ3) is 4.38. The van der Waals surface area contributed by atoms with Crippen LogP contribution in [0.5, 0.6) is 5.75 Å². The number of benzene rings is 3. The zero-order valence-corrected chi connectivity index (χ0v) is 17.1. The van der Waals surface area contributed by atoms with Crippen LogP contribution in [0, 0.1) is 0 Å². The maximum atomic E-state index is 12.9. The average Bonchev–Trinajstić information content (AvgIpc) is 3.22. The number of H-pyrrole nitrogens is 1. The van der Waals surface area contributed by atoms with E-state index in [4.69, 9.17) is 4.74 Å². The molecule has 0 radical (unpaired) electrons. The molecule has 0 aliphatic heterocycles. The number of aromatic amines is 1. The molecule has 0 aliphatic rings. The number of methoxy groups -OCH3 is 1. The molecule has 4 nitrogen and oxygen atoms in total. The summed E-state index contributed by atoms with van der Waals surface area (Å²) in [6, 6.07) is 26.3. The Bertz CT molecular complexity index is 1120. The summed E-state index contributed by atoms with van der Waals surface area (Å²) in [5.74, 6) is 0.728. The topological polar surface area (TPSA) is 54.1 Å². The number of carbonyl (C=O) groups excluding carboxylic acids is 1. The number of amides is 1. The highest BCUT2D eigenvalue weighted by Gasteiger charge is 2.24. The molecule has 4 rings (SSSR count). The van der Waals surface area contributed by atoms with Gasteiger partial charge in [0.2, 0.25) is 5.91 Å². The van der Waals surface area contributed by atoms with Gasteiger partial charge in [0.05, 0.1) is 7.11 Å². The van der Waals surface area contributed by atoms with Crippen molar-refractivity contribution in [2.24, 2.45) is 0 Å². The molecule has 0 unspecified atom stereocenters. The van der Waals surface area contributed by atoms with Crippen molar-refractivity contribution in [2.45, 2.75) is 18.8 Å². The Morgan fingerprint density at radius 1 is 0.933 bits per heavy atom. The first-order valence-corrected chi connectivity index (χ1v) is 10.3. The Labute approximate surface area is 176 Å². The van der Waals surface area contributed by atoms with Gasteiger partial charge in [-0.25, -0.2) is 0 Å². The Balaban J connectivity index is 1.57. The van der Waals surface area contributed by atoms with Gasteiger partial charge in [-0.3, -0.25) is 4.79 Å². The van der Waals surface area contributed by atoms with E-state index in [1.54, 1.807) is 7.11 Å². The smallest absolute Gasteiger partial charge is 0.220 e. The normalized spacial score (nSPS) is 11.9. The highest BCUT2D eigenvalue weighted by Crippen LogP contribution is 2.37. The van der Waals surface area contributed by atoms with E-state index >= 15 is 0 Å². The van der Waals surface area contributed by atoms with Crippen molar-refractivity contribution in [3.05, 3.63) is 102 Å². The van der Waals surface area contributed by atoms with E-state index in [-0.39, 0.29) is 11.8 Å². The van der Waals surface area contributed by atoms with Gasteiger partial charge in [-0.15, -0.1) is 0 Å². The Kier molecular flexibility index (Phi) is 6.14. The lowest BCUT2D eigenvalue weighted by Crippen LogP contribution is -2.27. The van der Waals surface area contributed by atoms with Crippen LogP contribution in [-0.2, 0) is 11.2 Å². The number of para-hydroxylation sites is 2. The molecule has 1 heterocycles. The molecule has 0 fully saturated rings. The van der Waals surface area contributed by atoms with E-state index in [9.17, 15) is 4.79 Å². The van der Waals surface area contributed by atoms with Crippen LogP contribution in [0.2, 0.25) is 0 Å². The molecule has 0 saturated heterocycles. The number of hydrogen-bond acceptors (Lipinski definition) is 2. The molecule has 1 amide bonds. The van der Waals surface area contributed by atoms with Gasteiger partial charge in [0.25, 0.3) is 0 Å². The highest BCUT2D eigenvalue weighted by molar-refractivity contribution is 5.86. The van der Waals surface area contributed by atoms with Gasteiger partial charge in [0.1, 0.15) is 5.75 Å².